The van der Waals surface area contributed by atoms with Crippen LogP contribution in [0.2, 0.25) is 0 Å². The summed E-state index contributed by atoms with van der Waals surface area (Å²) in [4.78, 5) is 0. The van der Waals surface area contributed by atoms with Crippen molar-refractivity contribution >= 4 is 0 Å². The molecule has 1 N–H and O–H groups in total. The Bertz CT molecular complexity index is 655. The van der Waals surface area contributed by atoms with E-state index in [9.17, 15) is 13.2 Å². The van der Waals surface area contributed by atoms with Crippen LogP contribution in [0, 0.1) is 0 Å². The molecule has 1 saturated heterocycles. The van der Waals surface area contributed by atoms with Crippen molar-refractivity contribution in [1.29, 1.82) is 0 Å². The van der Waals surface area contributed by atoms with Crippen LogP contribution in [0.4, 0.5) is 13.2 Å². The number of nitrogens with one attached hydrogen (secondary N) is 1. The molecule has 0 aliphatic carbocycles. The van der Waals surface area contributed by atoms with Gasteiger partial charge in [0.2, 0.25) is 0 Å². The van der Waals surface area contributed by atoms with Gasteiger partial charge in [0.05, 0.1) is 12.2 Å². The van der Waals surface area contributed by atoms with Gasteiger partial charge in [-0.05, 0) is 17.7 Å². The van der Waals surface area contributed by atoms with Crippen LogP contribution < -0.4 is 10.1 Å². The summed E-state index contributed by atoms with van der Waals surface area (Å²) < 4.78 is 51.2. The largest absolute Gasteiger partial charge is 0.482 e. The highest BCUT2D eigenvalue weighted by molar-refractivity contribution is 5.36. The van der Waals surface area contributed by atoms with Crippen LogP contribution in [0.15, 0.2) is 54.6 Å². The minimum atomic E-state index is -4.47. The Hall–Kier alpha value is -2.05. The molecule has 0 aromatic heterocycles. The van der Waals surface area contributed by atoms with Crippen LogP contribution in [0.5, 0.6) is 5.75 Å². The quantitative estimate of drug-likeness (QED) is 0.920. The third kappa shape index (κ3) is 3.88. The Balaban J connectivity index is 1.93. The summed E-state index contributed by atoms with van der Waals surface area (Å²) in [7, 11) is 0. The maximum Gasteiger partial charge on any atom is 0.419 e. The number of halogens is 3. The number of hydrogen-bond donors (Lipinski definition) is 1. The van der Waals surface area contributed by atoms with Gasteiger partial charge in [0.15, 0.2) is 6.10 Å². The highest BCUT2D eigenvalue weighted by Crippen LogP contribution is 2.38. The van der Waals surface area contributed by atoms with Crippen molar-refractivity contribution in [3.63, 3.8) is 0 Å². The number of hydrogen-bond acceptors (Lipinski definition) is 3. The van der Waals surface area contributed by atoms with Crippen molar-refractivity contribution < 1.29 is 22.6 Å². The van der Waals surface area contributed by atoms with Crippen LogP contribution in [-0.2, 0) is 10.9 Å². The third-order valence-corrected chi connectivity index (χ3v) is 3.87. The molecule has 128 valence electrons. The van der Waals surface area contributed by atoms with E-state index in [1.54, 1.807) is 0 Å². The second-order valence-electron chi connectivity index (χ2n) is 5.56. The van der Waals surface area contributed by atoms with Gasteiger partial charge in [0.1, 0.15) is 11.9 Å². The Morgan fingerprint density at radius 2 is 1.75 bits per heavy atom. The van der Waals surface area contributed by atoms with E-state index in [0.29, 0.717) is 13.2 Å². The second-order valence-corrected chi connectivity index (χ2v) is 5.56. The molecule has 1 aliphatic rings. The summed E-state index contributed by atoms with van der Waals surface area (Å²) >= 11 is 0. The summed E-state index contributed by atoms with van der Waals surface area (Å²) in [5.41, 5.74) is -0.00197. The number of alkyl halides is 3. The maximum atomic E-state index is 13.2. The van der Waals surface area contributed by atoms with E-state index < -0.39 is 17.8 Å². The van der Waals surface area contributed by atoms with Gasteiger partial charge in [-0.25, -0.2) is 0 Å². The number of morpholine rings is 1. The van der Waals surface area contributed by atoms with Crippen molar-refractivity contribution in [3.8, 4) is 5.75 Å². The molecule has 1 heterocycles. The molecule has 1 aliphatic heterocycles. The van der Waals surface area contributed by atoms with Gasteiger partial charge in [-0.3, -0.25) is 0 Å². The van der Waals surface area contributed by atoms with E-state index in [0.717, 1.165) is 18.2 Å². The fourth-order valence-electron chi connectivity index (χ4n) is 2.72. The molecule has 24 heavy (non-hydrogen) atoms. The maximum absolute atomic E-state index is 13.2. The molecule has 3 nitrogen and oxygen atoms in total. The number of para-hydroxylation sites is 1. The molecule has 0 bridgehead atoms. The molecule has 3 rings (SSSR count). The monoisotopic (exact) mass is 337 g/mol. The molecule has 0 radical (unpaired) electrons. The first-order valence-electron chi connectivity index (χ1n) is 7.76. The van der Waals surface area contributed by atoms with Gasteiger partial charge >= 0.3 is 6.18 Å². The highest BCUT2D eigenvalue weighted by atomic mass is 19.4. The van der Waals surface area contributed by atoms with Crippen LogP contribution in [0.1, 0.15) is 17.2 Å². The standard InChI is InChI=1S/C18H18F3NO2/c19-18(20,21)14-8-4-5-9-15(14)24-17(13-6-2-1-3-7-13)16-12-22-10-11-23-16/h1-9,16-17,22H,10-12H2. The molecule has 2 unspecified atom stereocenters. The molecular weight excluding hydrogens is 319 g/mol. The topological polar surface area (TPSA) is 30.5 Å². The molecular formula is C18H18F3NO2. The molecule has 0 amide bonds. The van der Waals surface area contributed by atoms with Gasteiger partial charge in [-0.15, -0.1) is 0 Å². The van der Waals surface area contributed by atoms with E-state index in [-0.39, 0.29) is 11.9 Å². The molecule has 6 heteroatoms. The van der Waals surface area contributed by atoms with Crippen LogP contribution in [-0.4, -0.2) is 25.8 Å². The summed E-state index contributed by atoms with van der Waals surface area (Å²) in [5, 5.41) is 3.19. The smallest absolute Gasteiger partial charge is 0.419 e. The molecule has 2 atom stereocenters. The normalized spacial score (nSPS) is 19.7. The second kappa shape index (κ2) is 7.23. The Morgan fingerprint density at radius 1 is 1.04 bits per heavy atom. The number of ether oxygens (including phenoxy) is 2. The van der Waals surface area contributed by atoms with E-state index in [2.05, 4.69) is 5.32 Å². The summed E-state index contributed by atoms with van der Waals surface area (Å²) in [6.07, 6.45) is -5.45. The van der Waals surface area contributed by atoms with Gasteiger partial charge in [0, 0.05) is 13.1 Å². The lowest BCUT2D eigenvalue weighted by molar-refractivity contribution is -0.140. The first-order chi connectivity index (χ1) is 11.6. The number of benzene rings is 2. The van der Waals surface area contributed by atoms with Crippen molar-refractivity contribution in [2.75, 3.05) is 19.7 Å². The van der Waals surface area contributed by atoms with E-state index in [1.165, 1.54) is 18.2 Å². The lowest BCUT2D eigenvalue weighted by Crippen LogP contribution is -2.43. The van der Waals surface area contributed by atoms with Gasteiger partial charge < -0.3 is 14.8 Å². The number of rotatable bonds is 4. The predicted molar refractivity (Wildman–Crippen MR) is 83.9 cm³/mol. The molecule has 2 aromatic carbocycles. The predicted octanol–water partition coefficient (Wildman–Crippen LogP) is 3.81. The lowest BCUT2D eigenvalue weighted by atomic mass is 10.0. The SMILES string of the molecule is FC(F)(F)c1ccccc1OC(c1ccccc1)C1CNCCO1. The molecule has 1 fully saturated rings. The van der Waals surface area contributed by atoms with Crippen molar-refractivity contribution in [1.82, 2.24) is 5.32 Å². The summed E-state index contributed by atoms with van der Waals surface area (Å²) in [5.74, 6) is -0.187. The van der Waals surface area contributed by atoms with E-state index >= 15 is 0 Å². The van der Waals surface area contributed by atoms with Crippen LogP contribution in [0.3, 0.4) is 0 Å². The van der Waals surface area contributed by atoms with Gasteiger partial charge in [0.25, 0.3) is 0 Å². The van der Waals surface area contributed by atoms with Crippen molar-refractivity contribution in [2.45, 2.75) is 18.4 Å². The zero-order valence-corrected chi connectivity index (χ0v) is 12.9. The summed E-state index contributed by atoms with van der Waals surface area (Å²) in [6.45, 7) is 1.74. The Kier molecular flexibility index (Phi) is 5.06. The van der Waals surface area contributed by atoms with E-state index in [4.69, 9.17) is 9.47 Å². The molecule has 0 spiro atoms. The fraction of sp³-hybridized carbons (Fsp3) is 0.333. The van der Waals surface area contributed by atoms with Crippen molar-refractivity contribution in [3.05, 3.63) is 65.7 Å². The lowest BCUT2D eigenvalue weighted by Gasteiger charge is -2.32. The zero-order valence-electron chi connectivity index (χ0n) is 12.9. The van der Waals surface area contributed by atoms with Crippen molar-refractivity contribution in [2.24, 2.45) is 0 Å². The minimum Gasteiger partial charge on any atom is -0.482 e. The third-order valence-electron chi connectivity index (χ3n) is 3.87. The zero-order chi connectivity index (χ0) is 17.0. The first kappa shape index (κ1) is 16.8. The molecule has 2 aromatic rings. The van der Waals surface area contributed by atoms with Gasteiger partial charge in [-0.1, -0.05) is 42.5 Å². The summed E-state index contributed by atoms with van der Waals surface area (Å²) in [6, 6.07) is 14.4. The first-order valence-corrected chi connectivity index (χ1v) is 7.76. The van der Waals surface area contributed by atoms with E-state index in [1.807, 2.05) is 30.3 Å². The average molecular weight is 337 g/mol. The van der Waals surface area contributed by atoms with Gasteiger partial charge in [-0.2, -0.15) is 13.2 Å². The minimum absolute atomic E-state index is 0.187. The fourth-order valence-corrected chi connectivity index (χ4v) is 2.72. The van der Waals surface area contributed by atoms with Crippen LogP contribution in [0.25, 0.3) is 0 Å². The van der Waals surface area contributed by atoms with Crippen LogP contribution >= 0.6 is 0 Å². The average Bonchev–Trinajstić information content (AvgIpc) is 2.61. The Morgan fingerprint density at radius 3 is 2.42 bits per heavy atom. The Labute approximate surface area is 138 Å². The molecule has 0 saturated carbocycles. The highest BCUT2D eigenvalue weighted by Gasteiger charge is 2.36.